The monoisotopic (exact) mass is 390 g/mol. The van der Waals surface area contributed by atoms with Gasteiger partial charge in [-0.3, -0.25) is 4.79 Å². The van der Waals surface area contributed by atoms with Crippen molar-refractivity contribution >= 4 is 57.9 Å². The van der Waals surface area contributed by atoms with Crippen LogP contribution in [0, 0.1) is 5.92 Å². The fourth-order valence-electron chi connectivity index (χ4n) is 3.60. The number of thiophene rings is 1. The smallest absolute Gasteiger partial charge is 0.252 e. The summed E-state index contributed by atoms with van der Waals surface area (Å²) in [5, 5.41) is 5.29. The van der Waals surface area contributed by atoms with Crippen molar-refractivity contribution in [2.45, 2.75) is 29.5 Å². The van der Waals surface area contributed by atoms with Gasteiger partial charge in [0.25, 0.3) is 5.91 Å². The third kappa shape index (κ3) is 3.45. The molecular weight excluding hydrogens is 371 g/mol. The molecule has 0 saturated carbocycles. The highest BCUT2D eigenvalue weighted by atomic mass is 35.5. The lowest BCUT2D eigenvalue weighted by atomic mass is 9.84. The van der Waals surface area contributed by atoms with Crippen LogP contribution in [0.15, 0.2) is 23.6 Å². The number of thioether (sulfide) groups is 1. The minimum atomic E-state index is -0.870. The number of alkyl halides is 1. The second-order valence-electron chi connectivity index (χ2n) is 6.30. The average molecular weight is 391 g/mol. The molecule has 4 aliphatic heterocycles. The van der Waals surface area contributed by atoms with Gasteiger partial charge >= 0.3 is 0 Å². The maximum absolute atomic E-state index is 12.7. The SMILES string of the molecule is Cl.O=C(N[C@H]1CN2CCC1CC2)C1(Cl)CC=C(c2cccs2)S1. The van der Waals surface area contributed by atoms with Crippen molar-refractivity contribution in [1.29, 1.82) is 0 Å². The molecular formula is C16H20Cl2N2OS2. The Morgan fingerprint density at radius 1 is 1.39 bits per heavy atom. The highest BCUT2D eigenvalue weighted by Gasteiger charge is 2.44. The Balaban J connectivity index is 0.00000156. The molecule has 1 amide bonds. The summed E-state index contributed by atoms with van der Waals surface area (Å²) in [5.41, 5.74) is 0. The average Bonchev–Trinajstić information content (AvgIpc) is 3.18. The van der Waals surface area contributed by atoms with E-state index in [1.54, 1.807) is 11.3 Å². The number of fused-ring (bicyclic) bond motifs is 3. The van der Waals surface area contributed by atoms with E-state index in [-0.39, 0.29) is 24.4 Å². The molecule has 4 aliphatic rings. The summed E-state index contributed by atoms with van der Waals surface area (Å²) < 4.78 is -0.870. The van der Waals surface area contributed by atoms with Crippen molar-refractivity contribution in [3.05, 3.63) is 28.5 Å². The van der Waals surface area contributed by atoms with Gasteiger partial charge in [0.2, 0.25) is 0 Å². The first-order valence-electron chi connectivity index (χ1n) is 7.79. The van der Waals surface area contributed by atoms with Crippen LogP contribution in [-0.2, 0) is 4.79 Å². The van der Waals surface area contributed by atoms with E-state index in [9.17, 15) is 4.79 Å². The van der Waals surface area contributed by atoms with E-state index in [4.69, 9.17) is 11.6 Å². The molecule has 0 aromatic carbocycles. The zero-order valence-electron chi connectivity index (χ0n) is 12.7. The summed E-state index contributed by atoms with van der Waals surface area (Å²) in [6.07, 6.45) is 5.09. The molecule has 1 aromatic heterocycles. The molecule has 3 fully saturated rings. The van der Waals surface area contributed by atoms with Gasteiger partial charge in [-0.05, 0) is 43.3 Å². The molecule has 7 heteroatoms. The number of piperidine rings is 3. The van der Waals surface area contributed by atoms with Gasteiger partial charge in [-0.2, -0.15) is 0 Å². The quantitative estimate of drug-likeness (QED) is 0.796. The largest absolute Gasteiger partial charge is 0.349 e. The molecule has 1 aromatic rings. The van der Waals surface area contributed by atoms with E-state index >= 15 is 0 Å². The zero-order valence-corrected chi connectivity index (χ0v) is 15.9. The first kappa shape index (κ1) is 17.6. The molecule has 2 atom stereocenters. The first-order valence-corrected chi connectivity index (χ1v) is 9.87. The van der Waals surface area contributed by atoms with Crippen molar-refractivity contribution in [2.75, 3.05) is 19.6 Å². The fraction of sp³-hybridized carbons (Fsp3) is 0.562. The summed E-state index contributed by atoms with van der Waals surface area (Å²) in [6.45, 7) is 3.35. The van der Waals surface area contributed by atoms with Crippen LogP contribution in [0.5, 0.6) is 0 Å². The number of carbonyl (C=O) groups is 1. The number of allylic oxidation sites excluding steroid dienone is 1. The second-order valence-corrected chi connectivity index (χ2v) is 9.46. The van der Waals surface area contributed by atoms with E-state index in [1.807, 2.05) is 6.07 Å². The number of carbonyl (C=O) groups excluding carboxylic acids is 1. The van der Waals surface area contributed by atoms with Gasteiger partial charge in [0.05, 0.1) is 0 Å². The Bertz CT molecular complexity index is 599. The highest BCUT2D eigenvalue weighted by Crippen LogP contribution is 2.50. The van der Waals surface area contributed by atoms with Crippen LogP contribution in [-0.4, -0.2) is 40.7 Å². The van der Waals surface area contributed by atoms with Crippen molar-refractivity contribution in [3.63, 3.8) is 0 Å². The van der Waals surface area contributed by atoms with E-state index < -0.39 is 4.21 Å². The predicted octanol–water partition coefficient (Wildman–Crippen LogP) is 3.79. The third-order valence-electron chi connectivity index (χ3n) is 4.90. The lowest BCUT2D eigenvalue weighted by molar-refractivity contribution is -0.123. The standard InChI is InChI=1S/C16H19ClN2OS2.ClH/c17-16(6-3-14(22-16)13-2-1-9-21-13)15(20)18-12-10-19-7-4-11(12)5-8-19;/h1-3,9,11-12H,4-8,10H2,(H,18,20);1H/t12-,16?;/m0./s1. The highest BCUT2D eigenvalue weighted by molar-refractivity contribution is 8.11. The molecule has 5 rings (SSSR count). The second kappa shape index (κ2) is 6.96. The lowest BCUT2D eigenvalue weighted by Gasteiger charge is -2.45. The molecule has 3 nitrogen and oxygen atoms in total. The minimum Gasteiger partial charge on any atom is -0.349 e. The van der Waals surface area contributed by atoms with E-state index in [0.717, 1.165) is 11.4 Å². The summed E-state index contributed by atoms with van der Waals surface area (Å²) in [5.74, 6) is 0.617. The number of hydrogen-bond acceptors (Lipinski definition) is 4. The van der Waals surface area contributed by atoms with Crippen LogP contribution < -0.4 is 5.32 Å². The molecule has 2 bridgehead atoms. The van der Waals surface area contributed by atoms with Gasteiger partial charge in [-0.1, -0.05) is 35.5 Å². The topological polar surface area (TPSA) is 32.3 Å². The number of amides is 1. The van der Waals surface area contributed by atoms with Crippen LogP contribution in [0.4, 0.5) is 0 Å². The van der Waals surface area contributed by atoms with Crippen molar-refractivity contribution in [3.8, 4) is 0 Å². The number of halogens is 2. The molecule has 0 radical (unpaired) electrons. The van der Waals surface area contributed by atoms with Gasteiger partial charge < -0.3 is 10.2 Å². The van der Waals surface area contributed by atoms with Gasteiger partial charge in [0.15, 0.2) is 4.21 Å². The van der Waals surface area contributed by atoms with Crippen LogP contribution in [0.1, 0.15) is 24.1 Å². The Morgan fingerprint density at radius 3 is 2.78 bits per heavy atom. The molecule has 1 N–H and O–H groups in total. The molecule has 0 spiro atoms. The third-order valence-corrected chi connectivity index (χ3v) is 7.77. The van der Waals surface area contributed by atoms with Crippen LogP contribution in [0.25, 0.3) is 4.91 Å². The van der Waals surface area contributed by atoms with Gasteiger partial charge in [0.1, 0.15) is 0 Å². The lowest BCUT2D eigenvalue weighted by Crippen LogP contribution is -2.59. The van der Waals surface area contributed by atoms with Gasteiger partial charge in [-0.15, -0.1) is 23.7 Å². The van der Waals surface area contributed by atoms with Gasteiger partial charge in [0, 0.05) is 28.8 Å². The normalized spacial score (nSPS) is 35.5. The van der Waals surface area contributed by atoms with Crippen molar-refractivity contribution in [1.82, 2.24) is 10.2 Å². The number of nitrogens with one attached hydrogen (secondary N) is 1. The van der Waals surface area contributed by atoms with Crippen molar-refractivity contribution in [2.24, 2.45) is 5.92 Å². The number of rotatable bonds is 3. The number of nitrogens with zero attached hydrogens (tertiary/aromatic N) is 1. The Morgan fingerprint density at radius 2 is 2.17 bits per heavy atom. The molecule has 126 valence electrons. The molecule has 1 unspecified atom stereocenters. The zero-order chi connectivity index (χ0) is 15.2. The summed E-state index contributed by atoms with van der Waals surface area (Å²) in [6, 6.07) is 4.39. The predicted molar refractivity (Wildman–Crippen MR) is 101 cm³/mol. The summed E-state index contributed by atoms with van der Waals surface area (Å²) >= 11 is 9.83. The van der Waals surface area contributed by atoms with E-state index in [0.29, 0.717) is 12.3 Å². The van der Waals surface area contributed by atoms with Crippen LogP contribution in [0.2, 0.25) is 0 Å². The molecule has 5 heterocycles. The van der Waals surface area contributed by atoms with Crippen LogP contribution in [0.3, 0.4) is 0 Å². The Labute approximate surface area is 156 Å². The maximum Gasteiger partial charge on any atom is 0.252 e. The Kier molecular flexibility index (Phi) is 5.33. The summed E-state index contributed by atoms with van der Waals surface area (Å²) in [7, 11) is 0. The van der Waals surface area contributed by atoms with Gasteiger partial charge in [-0.25, -0.2) is 0 Å². The minimum absolute atomic E-state index is 0. The van der Waals surface area contributed by atoms with E-state index in [1.165, 1.54) is 42.6 Å². The van der Waals surface area contributed by atoms with Crippen molar-refractivity contribution < 1.29 is 4.79 Å². The number of hydrogen-bond donors (Lipinski definition) is 1. The molecule has 0 aliphatic carbocycles. The summed E-state index contributed by atoms with van der Waals surface area (Å²) in [4.78, 5) is 17.5. The van der Waals surface area contributed by atoms with Crippen LogP contribution >= 0.6 is 47.1 Å². The molecule has 3 saturated heterocycles. The molecule has 23 heavy (non-hydrogen) atoms. The van der Waals surface area contributed by atoms with E-state index in [2.05, 4.69) is 27.7 Å². The first-order chi connectivity index (χ1) is 10.6. The maximum atomic E-state index is 12.7. The Hall–Kier alpha value is -0.200. The fourth-order valence-corrected chi connectivity index (χ4v) is 5.91.